The van der Waals surface area contributed by atoms with Gasteiger partial charge in [0.25, 0.3) is 0 Å². The molecule has 0 unspecified atom stereocenters. The van der Waals surface area contributed by atoms with Crippen molar-refractivity contribution in [3.63, 3.8) is 0 Å². The summed E-state index contributed by atoms with van der Waals surface area (Å²) in [5.74, 6) is 2.30. The zero-order valence-corrected chi connectivity index (χ0v) is 16.0. The lowest BCUT2D eigenvalue weighted by molar-refractivity contribution is 0.0712. The Kier molecular flexibility index (Phi) is 10.9. The van der Waals surface area contributed by atoms with Gasteiger partial charge in [-0.15, -0.1) is 0 Å². The number of hydrogen-bond acceptors (Lipinski definition) is 4. The molecule has 126 valence electrons. The number of rotatable bonds is 13. The molecule has 0 aliphatic heterocycles. The van der Waals surface area contributed by atoms with Crippen molar-refractivity contribution in [2.45, 2.75) is 39.7 Å². The van der Waals surface area contributed by atoms with E-state index in [1.54, 1.807) is 0 Å². The topological polar surface area (TPSA) is 27.7 Å². The number of aryl methyl sites for hydroxylation is 1. The Morgan fingerprint density at radius 1 is 0.864 bits per heavy atom. The third-order valence-electron chi connectivity index (χ3n) is 3.24. The van der Waals surface area contributed by atoms with Crippen LogP contribution >= 0.6 is 11.8 Å². The Morgan fingerprint density at radius 3 is 2.00 bits per heavy atom. The molecule has 0 radical (unpaired) electrons. The van der Waals surface area contributed by atoms with Crippen LogP contribution in [0.1, 0.15) is 32.8 Å². The zero-order chi connectivity index (χ0) is 16.1. The van der Waals surface area contributed by atoms with Crippen LogP contribution in [0.2, 0.25) is 6.04 Å². The summed E-state index contributed by atoms with van der Waals surface area (Å²) in [6, 6.07) is 11.6. The highest BCUT2D eigenvalue weighted by atomic mass is 32.2. The average Bonchev–Trinajstić information content (AvgIpc) is 2.52. The molecule has 0 amide bonds. The fourth-order valence-corrected chi connectivity index (χ4v) is 6.13. The van der Waals surface area contributed by atoms with Gasteiger partial charge in [0.15, 0.2) is 0 Å². The van der Waals surface area contributed by atoms with Crippen molar-refractivity contribution in [1.29, 1.82) is 0 Å². The second kappa shape index (κ2) is 12.1. The normalized spacial score (nSPS) is 11.8. The van der Waals surface area contributed by atoms with Crippen molar-refractivity contribution in [2.75, 3.05) is 31.3 Å². The molecule has 3 nitrogen and oxygen atoms in total. The second-order valence-electron chi connectivity index (χ2n) is 4.93. The lowest BCUT2D eigenvalue weighted by Gasteiger charge is -2.28. The molecule has 0 bridgehead atoms. The van der Waals surface area contributed by atoms with E-state index in [0.717, 1.165) is 30.4 Å². The first-order valence-electron chi connectivity index (χ1n) is 8.29. The molecule has 1 rings (SSSR count). The van der Waals surface area contributed by atoms with Gasteiger partial charge in [0.1, 0.15) is 0 Å². The fraction of sp³-hybridized carbons (Fsp3) is 0.647. The summed E-state index contributed by atoms with van der Waals surface area (Å²) < 4.78 is 17.6. The lowest BCUT2D eigenvalue weighted by Crippen LogP contribution is -2.46. The van der Waals surface area contributed by atoms with Crippen molar-refractivity contribution in [3.8, 4) is 0 Å². The van der Waals surface area contributed by atoms with E-state index in [2.05, 4.69) is 30.3 Å². The van der Waals surface area contributed by atoms with Gasteiger partial charge < -0.3 is 13.3 Å². The highest BCUT2D eigenvalue weighted by molar-refractivity contribution is 7.99. The maximum atomic E-state index is 5.87. The largest absolute Gasteiger partial charge is 0.500 e. The summed E-state index contributed by atoms with van der Waals surface area (Å²) in [7, 11) is -2.43. The third-order valence-corrected chi connectivity index (χ3v) is 7.46. The van der Waals surface area contributed by atoms with Crippen molar-refractivity contribution >= 4 is 20.6 Å². The Morgan fingerprint density at radius 2 is 1.45 bits per heavy atom. The Balaban J connectivity index is 2.24. The summed E-state index contributed by atoms with van der Waals surface area (Å²) in [4.78, 5) is 0. The van der Waals surface area contributed by atoms with Crippen LogP contribution in [0, 0.1) is 0 Å². The maximum absolute atomic E-state index is 5.87. The van der Waals surface area contributed by atoms with Crippen LogP contribution in [-0.4, -0.2) is 40.1 Å². The summed E-state index contributed by atoms with van der Waals surface area (Å²) in [5.41, 5.74) is 1.41. The Bertz CT molecular complexity index is 358. The van der Waals surface area contributed by atoms with Crippen molar-refractivity contribution in [3.05, 3.63) is 35.9 Å². The highest BCUT2D eigenvalue weighted by Gasteiger charge is 2.39. The average molecular weight is 343 g/mol. The Labute approximate surface area is 141 Å². The van der Waals surface area contributed by atoms with Gasteiger partial charge in [-0.1, -0.05) is 30.3 Å². The molecular formula is C17H30O3SSi. The van der Waals surface area contributed by atoms with E-state index in [4.69, 9.17) is 13.3 Å². The van der Waals surface area contributed by atoms with E-state index in [0.29, 0.717) is 19.8 Å². The van der Waals surface area contributed by atoms with E-state index in [1.165, 1.54) is 5.56 Å². The lowest BCUT2D eigenvalue weighted by atomic mass is 10.2. The van der Waals surface area contributed by atoms with Gasteiger partial charge in [-0.3, -0.25) is 0 Å². The number of hydrogen-bond donors (Lipinski definition) is 0. The minimum atomic E-state index is -2.43. The molecule has 5 heteroatoms. The molecular weight excluding hydrogens is 312 g/mol. The van der Waals surface area contributed by atoms with E-state index in [9.17, 15) is 0 Å². The Hall–Kier alpha value is -0.333. The quantitative estimate of drug-likeness (QED) is 0.392. The molecule has 0 aliphatic rings. The smallest absolute Gasteiger partial charge is 0.374 e. The zero-order valence-electron chi connectivity index (χ0n) is 14.2. The molecule has 1 aromatic rings. The summed E-state index contributed by atoms with van der Waals surface area (Å²) in [6.45, 7) is 8.01. The second-order valence-corrected chi connectivity index (χ2v) is 8.89. The van der Waals surface area contributed by atoms with Gasteiger partial charge in [-0.2, -0.15) is 11.8 Å². The first-order valence-corrected chi connectivity index (χ1v) is 11.4. The molecule has 0 aromatic heterocycles. The molecule has 0 heterocycles. The van der Waals surface area contributed by atoms with Crippen molar-refractivity contribution in [1.82, 2.24) is 0 Å². The fourth-order valence-electron chi connectivity index (χ4n) is 2.33. The van der Waals surface area contributed by atoms with Crippen LogP contribution in [0.25, 0.3) is 0 Å². The molecule has 0 spiro atoms. The van der Waals surface area contributed by atoms with Gasteiger partial charge in [0.2, 0.25) is 0 Å². The van der Waals surface area contributed by atoms with Crippen LogP contribution in [0.15, 0.2) is 30.3 Å². The van der Waals surface area contributed by atoms with Crippen LogP contribution in [0.3, 0.4) is 0 Å². The van der Waals surface area contributed by atoms with Gasteiger partial charge in [-0.25, -0.2) is 0 Å². The summed E-state index contributed by atoms with van der Waals surface area (Å²) in [6.07, 6.45) is 2.22. The SMILES string of the molecule is CCO[Si](CCCSCCc1ccccc1)(OCC)OCC. The van der Waals surface area contributed by atoms with E-state index < -0.39 is 8.80 Å². The minimum Gasteiger partial charge on any atom is -0.374 e. The first kappa shape index (κ1) is 19.7. The molecule has 0 atom stereocenters. The third kappa shape index (κ3) is 7.79. The monoisotopic (exact) mass is 342 g/mol. The predicted molar refractivity (Wildman–Crippen MR) is 97.5 cm³/mol. The van der Waals surface area contributed by atoms with Gasteiger partial charge in [0.05, 0.1) is 0 Å². The minimum absolute atomic E-state index is 0.660. The molecule has 0 N–H and O–H groups in total. The molecule has 1 aromatic carbocycles. The van der Waals surface area contributed by atoms with E-state index in [1.807, 2.05) is 32.5 Å². The maximum Gasteiger partial charge on any atom is 0.500 e. The van der Waals surface area contributed by atoms with Gasteiger partial charge >= 0.3 is 8.80 Å². The van der Waals surface area contributed by atoms with Crippen molar-refractivity contribution in [2.24, 2.45) is 0 Å². The van der Waals surface area contributed by atoms with Crippen LogP contribution in [-0.2, 0) is 19.7 Å². The predicted octanol–water partition coefficient (Wildman–Crippen LogP) is 4.40. The first-order chi connectivity index (χ1) is 10.8. The standard InChI is InChI=1S/C17H30O3SSi/c1-4-18-22(19-5-2,20-6-3)16-10-14-21-15-13-17-11-8-7-9-12-17/h7-9,11-12H,4-6,10,13-16H2,1-3H3. The highest BCUT2D eigenvalue weighted by Crippen LogP contribution is 2.20. The molecule has 0 saturated carbocycles. The van der Waals surface area contributed by atoms with Crippen molar-refractivity contribution < 1.29 is 13.3 Å². The molecule has 22 heavy (non-hydrogen) atoms. The summed E-state index contributed by atoms with van der Waals surface area (Å²) >= 11 is 2.00. The van der Waals surface area contributed by atoms with Crippen LogP contribution < -0.4 is 0 Å². The number of thioether (sulfide) groups is 1. The van der Waals surface area contributed by atoms with E-state index >= 15 is 0 Å². The van der Waals surface area contributed by atoms with Gasteiger partial charge in [0, 0.05) is 25.9 Å². The molecule has 0 aliphatic carbocycles. The van der Waals surface area contributed by atoms with Gasteiger partial charge in [-0.05, 0) is 50.7 Å². The molecule has 0 fully saturated rings. The van der Waals surface area contributed by atoms with Crippen LogP contribution in [0.5, 0.6) is 0 Å². The van der Waals surface area contributed by atoms with E-state index in [-0.39, 0.29) is 0 Å². The van der Waals surface area contributed by atoms with Crippen LogP contribution in [0.4, 0.5) is 0 Å². The molecule has 0 saturated heterocycles. The number of benzene rings is 1. The summed E-state index contributed by atoms with van der Waals surface area (Å²) in [5, 5.41) is 0.